The fourth-order valence-corrected chi connectivity index (χ4v) is 4.42. The third kappa shape index (κ3) is 3.79. The monoisotopic (exact) mass is 418 g/mol. The van der Waals surface area contributed by atoms with Crippen molar-refractivity contribution in [3.05, 3.63) is 34.9 Å². The number of likely N-dealkylation sites (N-methyl/N-ethyl adjacent to an activating group) is 1. The first-order valence-corrected chi connectivity index (χ1v) is 10.5. The number of nitrogens with zero attached hydrogens (tertiary/aromatic N) is 5. The molecule has 0 radical (unpaired) electrons. The van der Waals surface area contributed by atoms with E-state index in [1.165, 1.54) is 4.90 Å². The Morgan fingerprint density at radius 2 is 1.90 bits per heavy atom. The maximum Gasteiger partial charge on any atom is 0.325 e. The summed E-state index contributed by atoms with van der Waals surface area (Å²) in [5, 5.41) is 3.24. The van der Waals surface area contributed by atoms with Crippen LogP contribution in [0.15, 0.2) is 29.3 Å². The molecule has 2 fully saturated rings. The van der Waals surface area contributed by atoms with E-state index in [9.17, 15) is 9.59 Å². The lowest BCUT2D eigenvalue weighted by atomic mass is 10.1. The smallest absolute Gasteiger partial charge is 0.325 e. The Kier molecular flexibility index (Phi) is 5.65. The maximum absolute atomic E-state index is 12.5. The van der Waals surface area contributed by atoms with Crippen molar-refractivity contribution in [1.82, 2.24) is 24.9 Å². The molecule has 0 aliphatic carbocycles. The summed E-state index contributed by atoms with van der Waals surface area (Å²) in [7, 11) is 1.69. The number of rotatable bonds is 4. The van der Waals surface area contributed by atoms with Crippen LogP contribution < -0.4 is 5.32 Å². The minimum Gasteiger partial charge on any atom is -0.340 e. The van der Waals surface area contributed by atoms with E-state index in [0.29, 0.717) is 0 Å². The normalized spacial score (nSPS) is 25.2. The fourth-order valence-electron chi connectivity index (χ4n) is 4.23. The molecule has 2 unspecified atom stereocenters. The van der Waals surface area contributed by atoms with Crippen LogP contribution in [0.5, 0.6) is 0 Å². The summed E-state index contributed by atoms with van der Waals surface area (Å²) in [6, 6.07) is 7.11. The van der Waals surface area contributed by atoms with E-state index in [4.69, 9.17) is 16.6 Å². The van der Waals surface area contributed by atoms with E-state index in [2.05, 4.69) is 33.0 Å². The summed E-state index contributed by atoms with van der Waals surface area (Å²) in [5.74, 6) is 0.568. The number of carbonyl (C=O) groups excluding carboxylic acids is 2. The van der Waals surface area contributed by atoms with E-state index in [1.807, 2.05) is 18.2 Å². The van der Waals surface area contributed by atoms with Crippen molar-refractivity contribution in [3.8, 4) is 0 Å². The largest absolute Gasteiger partial charge is 0.340 e. The van der Waals surface area contributed by atoms with Gasteiger partial charge in [0, 0.05) is 51.3 Å². The average Bonchev–Trinajstić information content (AvgIpc) is 3.09. The van der Waals surface area contributed by atoms with E-state index in [-0.39, 0.29) is 11.9 Å². The predicted octanol–water partition coefficient (Wildman–Crippen LogP) is 1.42. The number of fused-ring (bicyclic) bond motifs is 1. The molecule has 3 aliphatic heterocycles. The number of carbonyl (C=O) groups is 2. The second-order valence-electron chi connectivity index (χ2n) is 7.74. The predicted molar refractivity (Wildman–Crippen MR) is 112 cm³/mol. The first kappa shape index (κ1) is 20.0. The number of halogens is 1. The van der Waals surface area contributed by atoms with Crippen molar-refractivity contribution in [2.24, 2.45) is 4.99 Å². The molecule has 3 aliphatic rings. The second kappa shape index (κ2) is 8.20. The average molecular weight is 419 g/mol. The molecule has 9 heteroatoms. The number of aliphatic imine (C=N–C) groups is 1. The summed E-state index contributed by atoms with van der Waals surface area (Å²) in [6.45, 7) is 7.06. The molecule has 3 heterocycles. The Morgan fingerprint density at radius 3 is 2.59 bits per heavy atom. The number of amides is 3. The van der Waals surface area contributed by atoms with Crippen molar-refractivity contribution in [1.29, 1.82) is 0 Å². The van der Waals surface area contributed by atoms with Crippen molar-refractivity contribution in [3.63, 3.8) is 0 Å². The zero-order valence-corrected chi connectivity index (χ0v) is 17.6. The van der Waals surface area contributed by atoms with E-state index in [0.717, 1.165) is 62.2 Å². The van der Waals surface area contributed by atoms with Gasteiger partial charge in [-0.2, -0.15) is 0 Å². The number of hydrogen-bond donors (Lipinski definition) is 1. The number of imide groups is 1. The van der Waals surface area contributed by atoms with Crippen molar-refractivity contribution < 1.29 is 9.59 Å². The van der Waals surface area contributed by atoms with Crippen LogP contribution in [0.2, 0.25) is 5.02 Å². The minimum atomic E-state index is -0.459. The van der Waals surface area contributed by atoms with Crippen LogP contribution in [-0.2, 0) is 11.3 Å². The van der Waals surface area contributed by atoms with Gasteiger partial charge in [-0.15, -0.1) is 0 Å². The maximum atomic E-state index is 12.5. The summed E-state index contributed by atoms with van der Waals surface area (Å²) in [4.78, 5) is 37.6. The third-order valence-electron chi connectivity index (χ3n) is 5.81. The van der Waals surface area contributed by atoms with E-state index >= 15 is 0 Å². The highest BCUT2D eigenvalue weighted by molar-refractivity contribution is 6.31. The zero-order valence-electron chi connectivity index (χ0n) is 16.8. The first-order valence-electron chi connectivity index (χ1n) is 10.1. The first-order chi connectivity index (χ1) is 14.0. The molecule has 0 aromatic heterocycles. The molecule has 0 bridgehead atoms. The lowest BCUT2D eigenvalue weighted by Crippen LogP contribution is -2.64. The van der Waals surface area contributed by atoms with Crippen LogP contribution in [0.1, 0.15) is 18.9 Å². The molecule has 8 nitrogen and oxygen atoms in total. The van der Waals surface area contributed by atoms with Gasteiger partial charge in [0.05, 0.1) is 0 Å². The van der Waals surface area contributed by atoms with Crippen LogP contribution in [0.4, 0.5) is 4.79 Å². The number of urea groups is 1. The van der Waals surface area contributed by atoms with Crippen LogP contribution in [0.3, 0.4) is 0 Å². The molecule has 3 amide bonds. The number of benzene rings is 1. The van der Waals surface area contributed by atoms with Gasteiger partial charge in [-0.1, -0.05) is 36.7 Å². The molecular weight excluding hydrogens is 392 g/mol. The second-order valence-corrected chi connectivity index (χ2v) is 8.15. The summed E-state index contributed by atoms with van der Waals surface area (Å²) in [6.07, 6.45) is 0.443. The Balaban J connectivity index is 1.46. The van der Waals surface area contributed by atoms with Crippen molar-refractivity contribution in [2.75, 3.05) is 39.8 Å². The molecule has 1 aromatic carbocycles. The lowest BCUT2D eigenvalue weighted by molar-refractivity contribution is -0.127. The zero-order chi connectivity index (χ0) is 20.5. The fraction of sp³-hybridized carbons (Fsp3) is 0.550. The number of hydrogen-bond acceptors (Lipinski definition) is 6. The van der Waals surface area contributed by atoms with Gasteiger partial charge in [0.25, 0.3) is 5.91 Å². The van der Waals surface area contributed by atoms with Crippen LogP contribution >= 0.6 is 11.6 Å². The lowest BCUT2D eigenvalue weighted by Gasteiger charge is -2.40. The third-order valence-corrected chi connectivity index (χ3v) is 6.18. The van der Waals surface area contributed by atoms with Crippen LogP contribution in [-0.4, -0.2) is 89.5 Å². The molecular formula is C20H27ClN6O2. The van der Waals surface area contributed by atoms with E-state index < -0.39 is 12.2 Å². The standard InChI is InChI=1S/C20H27ClN6O2/c1-3-8-27-16-17(24(2)20(29)23-18(16)28)22-19(27)26-11-9-25(10-12-26)13-14-6-4-5-7-15(14)21/h4-7,16-17H,3,8-13H2,1-2H3,(H,23,28,29). The van der Waals surface area contributed by atoms with Gasteiger partial charge >= 0.3 is 6.03 Å². The Morgan fingerprint density at radius 1 is 1.17 bits per heavy atom. The van der Waals surface area contributed by atoms with Gasteiger partial charge in [-0.25, -0.2) is 9.79 Å². The quantitative estimate of drug-likeness (QED) is 0.800. The van der Waals surface area contributed by atoms with Gasteiger partial charge in [0.1, 0.15) is 0 Å². The Bertz CT molecular complexity index is 823. The highest BCUT2D eigenvalue weighted by atomic mass is 35.5. The van der Waals surface area contributed by atoms with Gasteiger partial charge in [0.15, 0.2) is 18.2 Å². The molecule has 1 aromatic rings. The van der Waals surface area contributed by atoms with Gasteiger partial charge in [0.2, 0.25) is 0 Å². The van der Waals surface area contributed by atoms with Crippen LogP contribution in [0, 0.1) is 0 Å². The highest BCUT2D eigenvalue weighted by Gasteiger charge is 2.49. The minimum absolute atomic E-state index is 0.261. The topological polar surface area (TPSA) is 71.5 Å². The SMILES string of the molecule is CCCN1C(N2CCN(Cc3ccccc3Cl)CC2)=NC2C1C(=O)NC(=O)N2C. The van der Waals surface area contributed by atoms with Gasteiger partial charge < -0.3 is 14.7 Å². The summed E-state index contributed by atoms with van der Waals surface area (Å²) >= 11 is 6.31. The molecule has 0 spiro atoms. The van der Waals surface area contributed by atoms with Gasteiger partial charge in [-0.05, 0) is 18.1 Å². The Labute approximate surface area is 176 Å². The van der Waals surface area contributed by atoms with Crippen molar-refractivity contribution >= 4 is 29.5 Å². The number of guanidine groups is 1. The number of nitrogens with one attached hydrogen (secondary N) is 1. The van der Waals surface area contributed by atoms with Crippen LogP contribution in [0.25, 0.3) is 0 Å². The molecule has 1 N–H and O–H groups in total. The van der Waals surface area contributed by atoms with E-state index in [1.54, 1.807) is 7.05 Å². The van der Waals surface area contributed by atoms with Crippen molar-refractivity contribution in [2.45, 2.75) is 32.1 Å². The molecule has 29 heavy (non-hydrogen) atoms. The van der Waals surface area contributed by atoms with Gasteiger partial charge in [-0.3, -0.25) is 15.0 Å². The summed E-state index contributed by atoms with van der Waals surface area (Å²) in [5.41, 5.74) is 1.14. The number of piperazine rings is 1. The summed E-state index contributed by atoms with van der Waals surface area (Å²) < 4.78 is 0. The molecule has 2 atom stereocenters. The molecule has 156 valence electrons. The molecule has 4 rings (SSSR count). The molecule has 0 saturated carbocycles. The molecule has 2 saturated heterocycles. The highest BCUT2D eigenvalue weighted by Crippen LogP contribution is 2.26. The Hall–Kier alpha value is -2.32.